The molecule has 1 aliphatic rings. The van der Waals surface area contributed by atoms with Gasteiger partial charge in [-0.2, -0.15) is 5.10 Å². The minimum absolute atomic E-state index is 0.715. The van der Waals surface area contributed by atoms with Crippen molar-refractivity contribution >= 4 is 11.3 Å². The maximum Gasteiger partial charge on any atom is 0.147 e. The van der Waals surface area contributed by atoms with E-state index in [1.54, 1.807) is 11.3 Å². The van der Waals surface area contributed by atoms with Crippen LogP contribution in [0.3, 0.4) is 0 Å². The average Bonchev–Trinajstić information content (AvgIpc) is 2.97. The zero-order chi connectivity index (χ0) is 12.5. The Hall–Kier alpha value is -1.27. The number of aromatic nitrogens is 4. The molecule has 0 aliphatic heterocycles. The van der Waals surface area contributed by atoms with E-state index in [0.29, 0.717) is 6.54 Å². The highest BCUT2D eigenvalue weighted by molar-refractivity contribution is 7.09. The number of thiazole rings is 1. The SMILES string of the molecule is Cc1nc(C)n(Cc2csc(CNC3CC3)n2)n1. The number of aryl methyl sites for hydroxylation is 2. The molecule has 1 aliphatic carbocycles. The maximum absolute atomic E-state index is 4.62. The van der Waals surface area contributed by atoms with Crippen molar-refractivity contribution < 1.29 is 0 Å². The summed E-state index contributed by atoms with van der Waals surface area (Å²) in [4.78, 5) is 8.92. The molecule has 0 aromatic carbocycles. The Labute approximate surface area is 110 Å². The summed E-state index contributed by atoms with van der Waals surface area (Å²) in [5.74, 6) is 1.76. The smallest absolute Gasteiger partial charge is 0.147 e. The van der Waals surface area contributed by atoms with Crippen LogP contribution in [0, 0.1) is 13.8 Å². The molecule has 96 valence electrons. The molecule has 0 radical (unpaired) electrons. The summed E-state index contributed by atoms with van der Waals surface area (Å²) in [6, 6.07) is 0.734. The van der Waals surface area contributed by atoms with Crippen molar-refractivity contribution in [2.24, 2.45) is 0 Å². The van der Waals surface area contributed by atoms with Gasteiger partial charge in [0.05, 0.1) is 12.2 Å². The fourth-order valence-electron chi connectivity index (χ4n) is 1.89. The van der Waals surface area contributed by atoms with Gasteiger partial charge in [-0.05, 0) is 26.7 Å². The van der Waals surface area contributed by atoms with Crippen molar-refractivity contribution in [2.45, 2.75) is 45.8 Å². The van der Waals surface area contributed by atoms with Gasteiger partial charge in [-0.25, -0.2) is 14.6 Å². The van der Waals surface area contributed by atoms with Crippen molar-refractivity contribution in [1.29, 1.82) is 0 Å². The fourth-order valence-corrected chi connectivity index (χ4v) is 2.62. The molecule has 0 bridgehead atoms. The molecule has 2 aromatic heterocycles. The fraction of sp³-hybridized carbons (Fsp3) is 0.583. The Kier molecular flexibility index (Phi) is 3.13. The van der Waals surface area contributed by atoms with Gasteiger partial charge in [0.1, 0.15) is 16.7 Å². The molecule has 0 spiro atoms. The van der Waals surface area contributed by atoms with Crippen LogP contribution < -0.4 is 5.32 Å². The molecule has 1 fully saturated rings. The van der Waals surface area contributed by atoms with Crippen LogP contribution in [-0.4, -0.2) is 25.8 Å². The Morgan fingerprint density at radius 3 is 2.89 bits per heavy atom. The van der Waals surface area contributed by atoms with E-state index in [2.05, 4.69) is 25.8 Å². The van der Waals surface area contributed by atoms with E-state index in [-0.39, 0.29) is 0 Å². The van der Waals surface area contributed by atoms with E-state index in [0.717, 1.165) is 34.9 Å². The molecular formula is C12H17N5S. The summed E-state index contributed by atoms with van der Waals surface area (Å²) in [5.41, 5.74) is 1.07. The molecular weight excluding hydrogens is 246 g/mol. The van der Waals surface area contributed by atoms with Crippen molar-refractivity contribution in [3.8, 4) is 0 Å². The predicted octanol–water partition coefficient (Wildman–Crippen LogP) is 1.65. The summed E-state index contributed by atoms with van der Waals surface area (Å²) >= 11 is 1.72. The number of rotatable bonds is 5. The van der Waals surface area contributed by atoms with Gasteiger partial charge >= 0.3 is 0 Å². The van der Waals surface area contributed by atoms with E-state index in [9.17, 15) is 0 Å². The second-order valence-corrected chi connectivity index (χ2v) is 5.69. The van der Waals surface area contributed by atoms with E-state index in [1.807, 2.05) is 18.5 Å². The summed E-state index contributed by atoms with van der Waals surface area (Å²) < 4.78 is 1.91. The highest BCUT2D eigenvalue weighted by Crippen LogP contribution is 2.20. The molecule has 3 rings (SSSR count). The summed E-state index contributed by atoms with van der Waals surface area (Å²) in [6.45, 7) is 5.49. The third kappa shape index (κ3) is 2.76. The Balaban J connectivity index is 1.63. The molecule has 0 saturated heterocycles. The number of nitrogens with zero attached hydrogens (tertiary/aromatic N) is 4. The van der Waals surface area contributed by atoms with Crippen LogP contribution in [0.5, 0.6) is 0 Å². The molecule has 0 atom stereocenters. The van der Waals surface area contributed by atoms with Crippen LogP contribution in [0.4, 0.5) is 0 Å². The largest absolute Gasteiger partial charge is 0.308 e. The summed E-state index contributed by atoms with van der Waals surface area (Å²) in [6.07, 6.45) is 2.63. The van der Waals surface area contributed by atoms with Crippen LogP contribution in [-0.2, 0) is 13.1 Å². The number of nitrogens with one attached hydrogen (secondary N) is 1. The van der Waals surface area contributed by atoms with Crippen LogP contribution in [0.1, 0.15) is 35.2 Å². The van der Waals surface area contributed by atoms with E-state index < -0.39 is 0 Å². The lowest BCUT2D eigenvalue weighted by Gasteiger charge is -1.99. The quantitative estimate of drug-likeness (QED) is 0.891. The molecule has 0 unspecified atom stereocenters. The van der Waals surface area contributed by atoms with Gasteiger partial charge in [-0.15, -0.1) is 11.3 Å². The topological polar surface area (TPSA) is 55.6 Å². The lowest BCUT2D eigenvalue weighted by atomic mass is 10.5. The van der Waals surface area contributed by atoms with Crippen LogP contribution in [0.15, 0.2) is 5.38 Å². The lowest BCUT2D eigenvalue weighted by molar-refractivity contribution is 0.639. The van der Waals surface area contributed by atoms with Crippen molar-refractivity contribution in [2.75, 3.05) is 0 Å². The Bertz CT molecular complexity index is 540. The molecule has 2 heterocycles. The average molecular weight is 263 g/mol. The number of hydrogen-bond donors (Lipinski definition) is 1. The van der Waals surface area contributed by atoms with Crippen LogP contribution in [0.2, 0.25) is 0 Å². The minimum atomic E-state index is 0.715. The zero-order valence-electron chi connectivity index (χ0n) is 10.7. The minimum Gasteiger partial charge on any atom is -0.308 e. The highest BCUT2D eigenvalue weighted by Gasteiger charge is 2.20. The van der Waals surface area contributed by atoms with Gasteiger partial charge in [0.15, 0.2) is 0 Å². The van der Waals surface area contributed by atoms with Gasteiger partial charge in [0, 0.05) is 18.0 Å². The third-order valence-corrected chi connectivity index (χ3v) is 3.89. The number of hydrogen-bond acceptors (Lipinski definition) is 5. The molecule has 1 N–H and O–H groups in total. The Morgan fingerprint density at radius 2 is 2.22 bits per heavy atom. The van der Waals surface area contributed by atoms with Gasteiger partial charge in [-0.3, -0.25) is 0 Å². The Morgan fingerprint density at radius 1 is 1.39 bits per heavy atom. The summed E-state index contributed by atoms with van der Waals surface area (Å²) in [7, 11) is 0. The molecule has 1 saturated carbocycles. The second kappa shape index (κ2) is 4.78. The standard InChI is InChI=1S/C12H17N5S/c1-8-14-9(2)17(16-8)6-11-7-18-12(15-11)5-13-10-3-4-10/h7,10,13H,3-6H2,1-2H3. The molecule has 18 heavy (non-hydrogen) atoms. The van der Waals surface area contributed by atoms with Crippen LogP contribution in [0.25, 0.3) is 0 Å². The maximum atomic E-state index is 4.62. The molecule has 5 nitrogen and oxygen atoms in total. The lowest BCUT2D eigenvalue weighted by Crippen LogP contribution is -2.15. The van der Waals surface area contributed by atoms with Crippen molar-refractivity contribution in [3.63, 3.8) is 0 Å². The van der Waals surface area contributed by atoms with Crippen LogP contribution >= 0.6 is 11.3 Å². The van der Waals surface area contributed by atoms with E-state index >= 15 is 0 Å². The predicted molar refractivity (Wildman–Crippen MR) is 70.6 cm³/mol. The molecule has 2 aromatic rings. The molecule has 6 heteroatoms. The highest BCUT2D eigenvalue weighted by atomic mass is 32.1. The van der Waals surface area contributed by atoms with Gasteiger partial charge in [0.25, 0.3) is 0 Å². The first-order chi connectivity index (χ1) is 8.70. The normalized spacial score (nSPS) is 15.2. The third-order valence-electron chi connectivity index (χ3n) is 2.99. The van der Waals surface area contributed by atoms with Crippen molar-refractivity contribution in [3.05, 3.63) is 27.7 Å². The first kappa shape index (κ1) is 11.8. The van der Waals surface area contributed by atoms with E-state index in [1.165, 1.54) is 12.8 Å². The second-order valence-electron chi connectivity index (χ2n) is 4.75. The summed E-state index contributed by atoms with van der Waals surface area (Å²) in [5, 5.41) is 11.1. The van der Waals surface area contributed by atoms with Gasteiger partial charge in [-0.1, -0.05) is 0 Å². The first-order valence-electron chi connectivity index (χ1n) is 6.25. The van der Waals surface area contributed by atoms with E-state index in [4.69, 9.17) is 0 Å². The van der Waals surface area contributed by atoms with Crippen molar-refractivity contribution in [1.82, 2.24) is 25.1 Å². The monoisotopic (exact) mass is 263 g/mol. The van der Waals surface area contributed by atoms with Gasteiger partial charge < -0.3 is 5.32 Å². The zero-order valence-corrected chi connectivity index (χ0v) is 11.5. The first-order valence-corrected chi connectivity index (χ1v) is 7.13. The molecule has 0 amide bonds. The van der Waals surface area contributed by atoms with Gasteiger partial charge in [0.2, 0.25) is 0 Å².